The zero-order valence-electron chi connectivity index (χ0n) is 17.6. The summed E-state index contributed by atoms with van der Waals surface area (Å²) < 4.78 is 32.0. The molecule has 0 radical (unpaired) electrons. The monoisotopic (exact) mass is 476 g/mol. The highest BCUT2D eigenvalue weighted by Gasteiger charge is 2.30. The molecule has 11 heteroatoms. The van der Waals surface area contributed by atoms with Gasteiger partial charge in [-0.2, -0.15) is 4.31 Å². The Kier molecular flexibility index (Phi) is 6.79. The molecule has 1 atom stereocenters. The van der Waals surface area contributed by atoms with Gasteiger partial charge < -0.3 is 15.0 Å². The number of thioether (sulfide) groups is 1. The molecule has 3 heterocycles. The average Bonchev–Trinajstić information content (AvgIpc) is 2.92. The topological polar surface area (TPSA) is 109 Å². The van der Waals surface area contributed by atoms with E-state index in [1.54, 1.807) is 17.0 Å². The zero-order valence-corrected chi connectivity index (χ0v) is 19.2. The Labute approximate surface area is 191 Å². The lowest BCUT2D eigenvalue weighted by Gasteiger charge is -2.27. The van der Waals surface area contributed by atoms with Gasteiger partial charge in [0.2, 0.25) is 21.8 Å². The van der Waals surface area contributed by atoms with Crippen molar-refractivity contribution >= 4 is 45.0 Å². The van der Waals surface area contributed by atoms with E-state index >= 15 is 0 Å². The number of hydrogen-bond acceptors (Lipinski definition) is 7. The quantitative estimate of drug-likeness (QED) is 0.657. The number of amides is 2. The van der Waals surface area contributed by atoms with Crippen molar-refractivity contribution in [1.82, 2.24) is 9.29 Å². The fourth-order valence-corrected chi connectivity index (χ4v) is 5.77. The highest BCUT2D eigenvalue weighted by Crippen LogP contribution is 2.32. The van der Waals surface area contributed by atoms with Crippen molar-refractivity contribution in [3.05, 3.63) is 42.6 Å². The minimum atomic E-state index is -3.61. The first kappa shape index (κ1) is 22.7. The van der Waals surface area contributed by atoms with E-state index < -0.39 is 10.0 Å². The predicted molar refractivity (Wildman–Crippen MR) is 121 cm³/mol. The van der Waals surface area contributed by atoms with Gasteiger partial charge >= 0.3 is 0 Å². The van der Waals surface area contributed by atoms with E-state index in [2.05, 4.69) is 10.3 Å². The van der Waals surface area contributed by atoms with E-state index in [4.69, 9.17) is 4.74 Å². The Morgan fingerprint density at radius 3 is 2.69 bits per heavy atom. The number of carbonyl (C=O) groups excluding carboxylic acids is 2. The summed E-state index contributed by atoms with van der Waals surface area (Å²) in [5, 5.41) is 3.38. The second-order valence-electron chi connectivity index (χ2n) is 7.52. The fraction of sp³-hybridized carbons (Fsp3) is 0.381. The van der Waals surface area contributed by atoms with Gasteiger partial charge in [0.25, 0.3) is 0 Å². The molecule has 0 saturated carbocycles. The van der Waals surface area contributed by atoms with Crippen LogP contribution in [0, 0.1) is 0 Å². The predicted octanol–water partition coefficient (Wildman–Crippen LogP) is 1.96. The number of morpholine rings is 1. The third kappa shape index (κ3) is 4.80. The van der Waals surface area contributed by atoms with Gasteiger partial charge in [-0.3, -0.25) is 9.59 Å². The molecular formula is C21H24N4O5S2. The van der Waals surface area contributed by atoms with Crippen molar-refractivity contribution in [3.63, 3.8) is 0 Å². The summed E-state index contributed by atoms with van der Waals surface area (Å²) in [6.07, 6.45) is 1.53. The first-order valence-electron chi connectivity index (χ1n) is 10.2. The highest BCUT2D eigenvalue weighted by atomic mass is 32.2. The van der Waals surface area contributed by atoms with E-state index in [0.717, 1.165) is 0 Å². The van der Waals surface area contributed by atoms with E-state index in [1.165, 1.54) is 28.3 Å². The molecule has 1 saturated heterocycles. The number of fused-ring (bicyclic) bond motifs is 1. The van der Waals surface area contributed by atoms with Crippen molar-refractivity contribution in [2.75, 3.05) is 42.3 Å². The van der Waals surface area contributed by atoms with Crippen molar-refractivity contribution in [2.45, 2.75) is 29.3 Å². The van der Waals surface area contributed by atoms with Crippen LogP contribution < -0.4 is 10.2 Å². The summed E-state index contributed by atoms with van der Waals surface area (Å²) in [6, 6.07) is 10.0. The summed E-state index contributed by atoms with van der Waals surface area (Å²) >= 11 is 1.23. The third-order valence-corrected chi connectivity index (χ3v) is 8.10. The van der Waals surface area contributed by atoms with Crippen LogP contribution in [0.4, 0.5) is 11.4 Å². The minimum Gasteiger partial charge on any atom is -0.379 e. The van der Waals surface area contributed by atoms with Crippen LogP contribution in [-0.2, 0) is 24.3 Å². The normalized spacial score (nSPS) is 19.7. The molecule has 4 rings (SSSR count). The van der Waals surface area contributed by atoms with E-state index in [-0.39, 0.29) is 34.9 Å². The van der Waals surface area contributed by atoms with Gasteiger partial charge in [0.05, 0.1) is 35.4 Å². The summed E-state index contributed by atoms with van der Waals surface area (Å²) in [5.41, 5.74) is 1.27. The van der Waals surface area contributed by atoms with E-state index in [1.807, 2.05) is 25.1 Å². The maximum absolute atomic E-state index is 13.1. The number of nitrogens with zero attached hydrogens (tertiary/aromatic N) is 3. The van der Waals surface area contributed by atoms with Crippen molar-refractivity contribution in [2.24, 2.45) is 0 Å². The largest absolute Gasteiger partial charge is 0.379 e. The first-order chi connectivity index (χ1) is 15.4. The molecule has 2 amide bonds. The minimum absolute atomic E-state index is 0.107. The number of sulfonamides is 1. The fourth-order valence-electron chi connectivity index (χ4n) is 3.71. The Balaban J connectivity index is 1.44. The number of hydrogen-bond donors (Lipinski definition) is 1. The number of pyridine rings is 1. The van der Waals surface area contributed by atoms with E-state index in [9.17, 15) is 18.0 Å². The molecule has 0 spiro atoms. The van der Waals surface area contributed by atoms with Gasteiger partial charge in [-0.1, -0.05) is 23.9 Å². The molecule has 1 aromatic heterocycles. The lowest BCUT2D eigenvalue weighted by molar-refractivity contribution is -0.117. The van der Waals surface area contributed by atoms with Gasteiger partial charge in [-0.15, -0.1) is 0 Å². The van der Waals surface area contributed by atoms with Crippen LogP contribution in [0.15, 0.2) is 52.5 Å². The van der Waals surface area contributed by atoms with Crippen molar-refractivity contribution in [1.29, 1.82) is 0 Å². The van der Waals surface area contributed by atoms with Crippen molar-refractivity contribution < 1.29 is 22.7 Å². The SMILES string of the molecule is C[C@H]1CC(=O)Nc2ccccc2N1C(=O)CSc1ccc(S(=O)(=O)N2CCOCC2)cn1. The molecule has 2 aliphatic heterocycles. The van der Waals surface area contributed by atoms with Gasteiger partial charge in [-0.25, -0.2) is 13.4 Å². The van der Waals surface area contributed by atoms with Crippen LogP contribution in [-0.4, -0.2) is 67.6 Å². The number of ether oxygens (including phenoxy) is 1. The molecule has 2 aromatic rings. The summed E-state index contributed by atoms with van der Waals surface area (Å²) in [5.74, 6) is -0.181. The molecule has 1 N–H and O–H groups in total. The number of rotatable bonds is 5. The Hall–Kier alpha value is -2.47. The van der Waals surface area contributed by atoms with Gasteiger partial charge in [0, 0.05) is 31.7 Å². The second-order valence-corrected chi connectivity index (χ2v) is 10.5. The van der Waals surface area contributed by atoms with Crippen LogP contribution in [0.5, 0.6) is 0 Å². The first-order valence-corrected chi connectivity index (χ1v) is 12.7. The smallest absolute Gasteiger partial charge is 0.244 e. The van der Waals surface area contributed by atoms with Crippen LogP contribution in [0.25, 0.3) is 0 Å². The van der Waals surface area contributed by atoms with Crippen molar-refractivity contribution in [3.8, 4) is 0 Å². The number of anilines is 2. The molecular weight excluding hydrogens is 452 g/mol. The second kappa shape index (κ2) is 9.57. The summed E-state index contributed by atoms with van der Waals surface area (Å²) in [4.78, 5) is 31.2. The average molecular weight is 477 g/mol. The molecule has 1 aromatic carbocycles. The third-order valence-electron chi connectivity index (χ3n) is 5.29. The maximum Gasteiger partial charge on any atom is 0.244 e. The Morgan fingerprint density at radius 2 is 1.97 bits per heavy atom. The van der Waals surface area contributed by atoms with Crippen LogP contribution in [0.2, 0.25) is 0 Å². The molecule has 0 unspecified atom stereocenters. The van der Waals surface area contributed by atoms with Crippen LogP contribution in [0.3, 0.4) is 0 Å². The molecule has 1 fully saturated rings. The highest BCUT2D eigenvalue weighted by molar-refractivity contribution is 7.99. The molecule has 0 aliphatic carbocycles. The Morgan fingerprint density at radius 1 is 1.22 bits per heavy atom. The Bertz CT molecular complexity index is 1100. The summed E-state index contributed by atoms with van der Waals surface area (Å²) in [6.45, 7) is 3.23. The molecule has 32 heavy (non-hydrogen) atoms. The standard InChI is InChI=1S/C21H24N4O5S2/c1-15-12-19(26)23-17-4-2-3-5-18(17)25(15)21(27)14-31-20-7-6-16(13-22-20)32(28,29)24-8-10-30-11-9-24/h2-7,13,15H,8-12,14H2,1H3,(H,23,26)/t15-/m0/s1. The lowest BCUT2D eigenvalue weighted by Crippen LogP contribution is -2.40. The molecule has 2 aliphatic rings. The lowest BCUT2D eigenvalue weighted by atomic mass is 10.2. The summed E-state index contributed by atoms with van der Waals surface area (Å²) in [7, 11) is -3.61. The number of benzene rings is 1. The van der Waals surface area contributed by atoms with E-state index in [0.29, 0.717) is 42.7 Å². The van der Waals surface area contributed by atoms with Gasteiger partial charge in [0.15, 0.2) is 0 Å². The number of carbonyl (C=O) groups is 2. The zero-order chi connectivity index (χ0) is 22.7. The van der Waals surface area contributed by atoms with Gasteiger partial charge in [0.1, 0.15) is 4.90 Å². The van der Waals surface area contributed by atoms with Crippen LogP contribution in [0.1, 0.15) is 13.3 Å². The van der Waals surface area contributed by atoms with Gasteiger partial charge in [-0.05, 0) is 31.2 Å². The number of aromatic nitrogens is 1. The molecule has 170 valence electrons. The van der Waals surface area contributed by atoms with Crippen LogP contribution >= 0.6 is 11.8 Å². The molecule has 0 bridgehead atoms. The molecule has 9 nitrogen and oxygen atoms in total. The maximum atomic E-state index is 13.1. The number of para-hydroxylation sites is 2. The number of nitrogens with one attached hydrogen (secondary N) is 1.